The van der Waals surface area contributed by atoms with Crippen molar-refractivity contribution >= 4 is 16.7 Å². The standard InChI is InChI=1S/C25H24O4/c1-28-24(27)15-7-3-6-14-23(26)22-17-16-20-12-8-9-13-21(20)25(22)29-18-19-10-4-2-5-11-19/h2,4-5,8-13,16-17,23,26H,3,7,15,18H2,1H3. The maximum Gasteiger partial charge on any atom is 0.305 e. The molecule has 4 heteroatoms. The van der Waals surface area contributed by atoms with Crippen molar-refractivity contribution < 1.29 is 19.4 Å². The molecule has 4 nitrogen and oxygen atoms in total. The van der Waals surface area contributed by atoms with Crippen LogP contribution in [0.1, 0.15) is 36.5 Å². The molecule has 0 radical (unpaired) electrons. The van der Waals surface area contributed by atoms with Crippen LogP contribution < -0.4 is 4.74 Å². The highest BCUT2D eigenvalue weighted by Gasteiger charge is 2.15. The Kier molecular flexibility index (Phi) is 7.27. The zero-order valence-electron chi connectivity index (χ0n) is 16.4. The lowest BCUT2D eigenvalue weighted by atomic mass is 10.0. The number of unbranched alkanes of at least 4 members (excludes halogenated alkanes) is 1. The number of carbonyl (C=O) groups is 1. The second-order valence-electron chi connectivity index (χ2n) is 6.63. The van der Waals surface area contributed by atoms with Gasteiger partial charge in [-0.2, -0.15) is 0 Å². The molecule has 29 heavy (non-hydrogen) atoms. The fraction of sp³-hybridized carbons (Fsp3) is 0.240. The number of hydrogen-bond acceptors (Lipinski definition) is 4. The van der Waals surface area contributed by atoms with E-state index < -0.39 is 6.10 Å². The third kappa shape index (κ3) is 5.60. The molecule has 0 bridgehead atoms. The molecule has 0 amide bonds. The first-order valence-electron chi connectivity index (χ1n) is 9.60. The number of aliphatic hydroxyl groups excluding tert-OH is 1. The molecule has 0 aromatic heterocycles. The summed E-state index contributed by atoms with van der Waals surface area (Å²) >= 11 is 0. The van der Waals surface area contributed by atoms with Crippen LogP contribution in [0.3, 0.4) is 0 Å². The molecule has 3 rings (SSSR count). The lowest BCUT2D eigenvalue weighted by Gasteiger charge is -2.16. The second kappa shape index (κ2) is 10.3. The van der Waals surface area contributed by atoms with Crippen molar-refractivity contribution in [2.24, 2.45) is 0 Å². The molecule has 1 unspecified atom stereocenters. The summed E-state index contributed by atoms with van der Waals surface area (Å²) in [7, 11) is 1.37. The maximum absolute atomic E-state index is 11.2. The van der Waals surface area contributed by atoms with Gasteiger partial charge in [0.15, 0.2) is 0 Å². The number of rotatable bonds is 7. The van der Waals surface area contributed by atoms with Gasteiger partial charge in [-0.25, -0.2) is 0 Å². The van der Waals surface area contributed by atoms with Gasteiger partial charge in [-0.15, -0.1) is 5.92 Å². The van der Waals surface area contributed by atoms with Gasteiger partial charge in [-0.3, -0.25) is 4.79 Å². The van der Waals surface area contributed by atoms with E-state index in [-0.39, 0.29) is 5.97 Å². The molecule has 0 fully saturated rings. The third-order valence-corrected chi connectivity index (χ3v) is 4.58. The van der Waals surface area contributed by atoms with Gasteiger partial charge in [0.2, 0.25) is 0 Å². The minimum Gasteiger partial charge on any atom is -0.488 e. The molecular weight excluding hydrogens is 364 g/mol. The number of fused-ring (bicyclic) bond motifs is 1. The summed E-state index contributed by atoms with van der Waals surface area (Å²) in [4.78, 5) is 11.2. The summed E-state index contributed by atoms with van der Waals surface area (Å²) in [5.41, 5.74) is 1.69. The SMILES string of the molecule is COC(=O)CCCC#CC(O)c1ccc2ccccc2c1OCc1ccccc1. The highest BCUT2D eigenvalue weighted by Crippen LogP contribution is 2.34. The van der Waals surface area contributed by atoms with Gasteiger partial charge in [0.05, 0.1) is 7.11 Å². The number of ether oxygens (including phenoxy) is 2. The molecule has 3 aromatic carbocycles. The number of benzene rings is 3. The van der Waals surface area contributed by atoms with Crippen molar-refractivity contribution in [1.29, 1.82) is 0 Å². The predicted molar refractivity (Wildman–Crippen MR) is 113 cm³/mol. The maximum atomic E-state index is 11.2. The van der Waals surface area contributed by atoms with E-state index in [1.54, 1.807) is 0 Å². The molecule has 0 aliphatic carbocycles. The van der Waals surface area contributed by atoms with E-state index in [9.17, 15) is 9.90 Å². The van der Waals surface area contributed by atoms with Crippen LogP contribution in [0.5, 0.6) is 5.75 Å². The van der Waals surface area contributed by atoms with E-state index in [0.29, 0.717) is 37.2 Å². The third-order valence-electron chi connectivity index (χ3n) is 4.58. The van der Waals surface area contributed by atoms with Crippen LogP contribution in [-0.2, 0) is 16.1 Å². The zero-order chi connectivity index (χ0) is 20.5. The van der Waals surface area contributed by atoms with Crippen molar-refractivity contribution in [3.63, 3.8) is 0 Å². The van der Waals surface area contributed by atoms with Crippen LogP contribution in [0.2, 0.25) is 0 Å². The Morgan fingerprint density at radius 2 is 1.79 bits per heavy atom. The van der Waals surface area contributed by atoms with Gasteiger partial charge in [0.25, 0.3) is 0 Å². The lowest BCUT2D eigenvalue weighted by Crippen LogP contribution is -2.03. The molecular formula is C25H24O4. The Morgan fingerprint density at radius 3 is 2.59 bits per heavy atom. The van der Waals surface area contributed by atoms with Crippen LogP contribution in [0, 0.1) is 11.8 Å². The van der Waals surface area contributed by atoms with E-state index in [4.69, 9.17) is 4.74 Å². The van der Waals surface area contributed by atoms with Gasteiger partial charge in [0, 0.05) is 23.8 Å². The van der Waals surface area contributed by atoms with Gasteiger partial charge in [-0.05, 0) is 17.4 Å². The van der Waals surface area contributed by atoms with Crippen LogP contribution in [0.25, 0.3) is 10.8 Å². The molecule has 0 aliphatic rings. The van der Waals surface area contributed by atoms with Crippen molar-refractivity contribution in [1.82, 2.24) is 0 Å². The molecule has 1 N–H and O–H groups in total. The van der Waals surface area contributed by atoms with Crippen molar-refractivity contribution in [3.8, 4) is 17.6 Å². The summed E-state index contributed by atoms with van der Waals surface area (Å²) < 4.78 is 10.8. The smallest absolute Gasteiger partial charge is 0.305 e. The molecule has 3 aromatic rings. The Morgan fingerprint density at radius 1 is 1.03 bits per heavy atom. The number of esters is 1. The van der Waals surface area contributed by atoms with E-state index in [2.05, 4.69) is 16.6 Å². The average Bonchev–Trinajstić information content (AvgIpc) is 2.77. The Labute approximate surface area is 171 Å². The highest BCUT2D eigenvalue weighted by molar-refractivity contribution is 5.89. The predicted octanol–water partition coefficient (Wildman–Crippen LogP) is 4.80. The van der Waals surface area contributed by atoms with Crippen molar-refractivity contribution in [2.45, 2.75) is 32.0 Å². The number of methoxy groups -OCH3 is 1. The first kappa shape index (κ1) is 20.4. The van der Waals surface area contributed by atoms with Gasteiger partial charge < -0.3 is 14.6 Å². The lowest BCUT2D eigenvalue weighted by molar-refractivity contribution is -0.140. The quantitative estimate of drug-likeness (QED) is 0.359. The Hall–Kier alpha value is -3.29. The van der Waals surface area contributed by atoms with E-state index in [1.807, 2.05) is 66.7 Å². The molecule has 0 saturated heterocycles. The Bertz CT molecular complexity index is 1020. The van der Waals surface area contributed by atoms with Gasteiger partial charge >= 0.3 is 5.97 Å². The molecule has 1 atom stereocenters. The van der Waals surface area contributed by atoms with Crippen molar-refractivity contribution in [2.75, 3.05) is 7.11 Å². The van der Waals surface area contributed by atoms with Crippen LogP contribution in [0.15, 0.2) is 66.7 Å². The normalized spacial score (nSPS) is 11.4. The van der Waals surface area contributed by atoms with Crippen LogP contribution in [-0.4, -0.2) is 18.2 Å². The molecule has 0 spiro atoms. The highest BCUT2D eigenvalue weighted by atomic mass is 16.5. The fourth-order valence-corrected chi connectivity index (χ4v) is 3.04. The van der Waals surface area contributed by atoms with E-state index in [1.165, 1.54) is 7.11 Å². The molecule has 0 aliphatic heterocycles. The average molecular weight is 388 g/mol. The summed E-state index contributed by atoms with van der Waals surface area (Å²) in [6.45, 7) is 0.404. The summed E-state index contributed by atoms with van der Waals surface area (Å²) in [5, 5.41) is 12.6. The van der Waals surface area contributed by atoms with E-state index in [0.717, 1.165) is 16.3 Å². The largest absolute Gasteiger partial charge is 0.488 e. The van der Waals surface area contributed by atoms with Gasteiger partial charge in [-0.1, -0.05) is 72.7 Å². The second-order valence-corrected chi connectivity index (χ2v) is 6.63. The summed E-state index contributed by atoms with van der Waals surface area (Å²) in [6.07, 6.45) is 0.466. The zero-order valence-corrected chi connectivity index (χ0v) is 16.4. The van der Waals surface area contributed by atoms with Crippen LogP contribution >= 0.6 is 0 Å². The van der Waals surface area contributed by atoms with Gasteiger partial charge in [0.1, 0.15) is 18.5 Å². The minimum absolute atomic E-state index is 0.251. The number of hydrogen-bond donors (Lipinski definition) is 1. The molecule has 0 saturated carbocycles. The van der Waals surface area contributed by atoms with E-state index >= 15 is 0 Å². The minimum atomic E-state index is -0.969. The first-order chi connectivity index (χ1) is 14.2. The monoisotopic (exact) mass is 388 g/mol. The number of carbonyl (C=O) groups excluding carboxylic acids is 1. The number of aliphatic hydroxyl groups is 1. The summed E-state index contributed by atoms with van der Waals surface area (Å²) in [6, 6.07) is 21.6. The van der Waals surface area contributed by atoms with Crippen molar-refractivity contribution in [3.05, 3.63) is 77.9 Å². The fourth-order valence-electron chi connectivity index (χ4n) is 3.04. The summed E-state index contributed by atoms with van der Waals surface area (Å²) in [5.74, 6) is 6.21. The van der Waals surface area contributed by atoms with Crippen LogP contribution in [0.4, 0.5) is 0 Å². The topological polar surface area (TPSA) is 55.8 Å². The first-order valence-corrected chi connectivity index (χ1v) is 9.60. The molecule has 0 heterocycles. The Balaban J connectivity index is 1.80. The molecule has 148 valence electrons.